The molecule has 1 unspecified atom stereocenters. The first kappa shape index (κ1) is 15.8. The van der Waals surface area contributed by atoms with Crippen LogP contribution in [-0.4, -0.2) is 27.5 Å². The van der Waals surface area contributed by atoms with Gasteiger partial charge in [-0.1, -0.05) is 17.8 Å². The highest BCUT2D eigenvalue weighted by Gasteiger charge is 2.38. The van der Waals surface area contributed by atoms with Crippen molar-refractivity contribution in [3.63, 3.8) is 0 Å². The van der Waals surface area contributed by atoms with Gasteiger partial charge in [0.25, 0.3) is 0 Å². The van der Waals surface area contributed by atoms with E-state index in [-0.39, 0.29) is 11.5 Å². The summed E-state index contributed by atoms with van der Waals surface area (Å²) in [5.74, 6) is -0.257. The second-order valence-corrected chi connectivity index (χ2v) is 6.81. The molecule has 1 aromatic heterocycles. The van der Waals surface area contributed by atoms with Crippen LogP contribution in [0, 0.1) is 5.41 Å². The maximum atomic E-state index is 12.6. The highest BCUT2D eigenvalue weighted by molar-refractivity contribution is 8.19. The first-order valence-electron chi connectivity index (χ1n) is 6.97. The Bertz CT molecular complexity index is 785. The standard InChI is InChI=1S/C16H14N2O3S2/c1-2-21-11-7-9(3-4-10(11)19)8-12-14(20)13(15(17)23-12)16-18-5-6-22-16/h3-8,13,17,19H,2H2,1H3. The number of nitrogens with one attached hydrogen (secondary N) is 1. The second-order valence-electron chi connectivity index (χ2n) is 4.80. The van der Waals surface area contributed by atoms with E-state index in [9.17, 15) is 9.90 Å². The molecular weight excluding hydrogens is 332 g/mol. The van der Waals surface area contributed by atoms with Crippen LogP contribution in [0.3, 0.4) is 0 Å². The van der Waals surface area contributed by atoms with Crippen LogP contribution in [0.4, 0.5) is 0 Å². The van der Waals surface area contributed by atoms with Gasteiger partial charge in [0.1, 0.15) is 10.9 Å². The van der Waals surface area contributed by atoms with Crippen molar-refractivity contribution in [2.75, 3.05) is 6.61 Å². The minimum absolute atomic E-state index is 0.0628. The molecule has 1 aliphatic rings. The van der Waals surface area contributed by atoms with E-state index in [0.717, 1.165) is 17.3 Å². The molecule has 0 saturated carbocycles. The van der Waals surface area contributed by atoms with Gasteiger partial charge in [-0.3, -0.25) is 10.2 Å². The number of hydrogen-bond acceptors (Lipinski definition) is 7. The predicted octanol–water partition coefficient (Wildman–Crippen LogP) is 3.67. The van der Waals surface area contributed by atoms with Crippen LogP contribution in [0.15, 0.2) is 34.7 Å². The van der Waals surface area contributed by atoms with Crippen molar-refractivity contribution in [2.45, 2.75) is 12.8 Å². The number of hydrogen-bond donors (Lipinski definition) is 2. The quantitative estimate of drug-likeness (QED) is 0.825. The van der Waals surface area contributed by atoms with Crippen LogP contribution in [-0.2, 0) is 4.79 Å². The molecule has 2 N–H and O–H groups in total. The number of Topliss-reactive ketones (excluding diaryl/α,β-unsaturated/α-hetero) is 1. The number of ketones is 1. The zero-order valence-electron chi connectivity index (χ0n) is 12.3. The molecule has 1 atom stereocenters. The number of thiazole rings is 1. The number of nitrogens with zero attached hydrogens (tertiary/aromatic N) is 1. The van der Waals surface area contributed by atoms with Gasteiger partial charge in [0.15, 0.2) is 17.3 Å². The Morgan fingerprint density at radius 3 is 3.00 bits per heavy atom. The fourth-order valence-electron chi connectivity index (χ4n) is 2.23. The number of rotatable bonds is 4. The lowest BCUT2D eigenvalue weighted by Gasteiger charge is -2.06. The Morgan fingerprint density at radius 2 is 2.30 bits per heavy atom. The molecule has 3 rings (SSSR count). The Kier molecular flexibility index (Phi) is 4.49. The molecule has 1 fully saturated rings. The van der Waals surface area contributed by atoms with Crippen LogP contribution >= 0.6 is 23.1 Å². The first-order chi connectivity index (χ1) is 11.1. The summed E-state index contributed by atoms with van der Waals surface area (Å²) in [5, 5.41) is 20.5. The van der Waals surface area contributed by atoms with Gasteiger partial charge in [-0.25, -0.2) is 4.98 Å². The van der Waals surface area contributed by atoms with Crippen LogP contribution in [0.5, 0.6) is 11.5 Å². The fourth-order valence-corrected chi connectivity index (χ4v) is 4.04. The Hall–Kier alpha value is -2.12. The third kappa shape index (κ3) is 3.16. The lowest BCUT2D eigenvalue weighted by atomic mass is 10.0. The smallest absolute Gasteiger partial charge is 0.186 e. The number of allylic oxidation sites excluding steroid dienone is 1. The van der Waals surface area contributed by atoms with Gasteiger partial charge in [-0.15, -0.1) is 11.3 Å². The molecule has 0 spiro atoms. The molecule has 2 heterocycles. The topological polar surface area (TPSA) is 83.3 Å². The van der Waals surface area contributed by atoms with Crippen LogP contribution in [0.2, 0.25) is 0 Å². The summed E-state index contributed by atoms with van der Waals surface area (Å²) >= 11 is 2.54. The summed E-state index contributed by atoms with van der Waals surface area (Å²) in [5.41, 5.74) is 0.745. The van der Waals surface area contributed by atoms with Gasteiger partial charge in [-0.05, 0) is 30.7 Å². The monoisotopic (exact) mass is 346 g/mol. The lowest BCUT2D eigenvalue weighted by molar-refractivity contribution is -0.114. The van der Waals surface area contributed by atoms with Crippen molar-refractivity contribution >= 4 is 40.0 Å². The number of phenolic OH excluding ortho intramolecular Hbond substituents is 1. The molecule has 0 amide bonds. The van der Waals surface area contributed by atoms with Crippen molar-refractivity contribution in [3.8, 4) is 11.5 Å². The maximum Gasteiger partial charge on any atom is 0.186 e. The van der Waals surface area contributed by atoms with E-state index in [0.29, 0.717) is 27.3 Å². The molecule has 1 saturated heterocycles. The summed E-state index contributed by atoms with van der Waals surface area (Å²) in [6.45, 7) is 2.28. The largest absolute Gasteiger partial charge is 0.504 e. The average Bonchev–Trinajstić information content (AvgIpc) is 3.12. The molecule has 0 aliphatic carbocycles. The summed E-state index contributed by atoms with van der Waals surface area (Å²) in [7, 11) is 0. The van der Waals surface area contributed by atoms with Crippen molar-refractivity contribution in [3.05, 3.63) is 45.3 Å². The van der Waals surface area contributed by atoms with E-state index < -0.39 is 5.92 Å². The number of benzene rings is 1. The molecule has 118 valence electrons. The number of phenols is 1. The molecule has 1 aromatic carbocycles. The van der Waals surface area contributed by atoms with Gasteiger partial charge in [0, 0.05) is 11.6 Å². The van der Waals surface area contributed by atoms with Crippen LogP contribution in [0.1, 0.15) is 23.4 Å². The zero-order chi connectivity index (χ0) is 16.4. The molecule has 23 heavy (non-hydrogen) atoms. The molecule has 0 bridgehead atoms. The summed E-state index contributed by atoms with van der Waals surface area (Å²) in [4.78, 5) is 17.2. The lowest BCUT2D eigenvalue weighted by Crippen LogP contribution is -2.11. The Morgan fingerprint density at radius 1 is 1.48 bits per heavy atom. The summed E-state index contributed by atoms with van der Waals surface area (Å²) < 4.78 is 5.35. The summed E-state index contributed by atoms with van der Waals surface area (Å²) in [6, 6.07) is 4.92. The summed E-state index contributed by atoms with van der Waals surface area (Å²) in [6.07, 6.45) is 3.36. The number of aromatic nitrogens is 1. The van der Waals surface area contributed by atoms with Crippen LogP contribution < -0.4 is 4.74 Å². The Labute approximate surface area is 141 Å². The minimum atomic E-state index is -0.588. The van der Waals surface area contributed by atoms with E-state index in [4.69, 9.17) is 10.1 Å². The second kappa shape index (κ2) is 6.55. The molecule has 0 radical (unpaired) electrons. The minimum Gasteiger partial charge on any atom is -0.504 e. The number of carbonyl (C=O) groups excluding carboxylic acids is 1. The van der Waals surface area contributed by atoms with E-state index in [2.05, 4.69) is 4.98 Å². The normalized spacial score (nSPS) is 19.5. The third-order valence-electron chi connectivity index (χ3n) is 3.27. The van der Waals surface area contributed by atoms with Gasteiger partial charge >= 0.3 is 0 Å². The molecular formula is C16H14N2O3S2. The van der Waals surface area contributed by atoms with Crippen molar-refractivity contribution in [2.24, 2.45) is 0 Å². The number of aromatic hydroxyl groups is 1. The van der Waals surface area contributed by atoms with Gasteiger partial charge in [0.05, 0.1) is 16.6 Å². The SMILES string of the molecule is CCOc1cc(C=C2SC(=N)C(c3nccs3)C2=O)ccc1O. The molecule has 1 aliphatic heterocycles. The molecule has 5 nitrogen and oxygen atoms in total. The highest BCUT2D eigenvalue weighted by atomic mass is 32.2. The van der Waals surface area contributed by atoms with Gasteiger partial charge < -0.3 is 9.84 Å². The van der Waals surface area contributed by atoms with E-state index in [1.54, 1.807) is 29.8 Å². The number of ether oxygens (including phenoxy) is 1. The number of carbonyl (C=O) groups is 1. The predicted molar refractivity (Wildman–Crippen MR) is 92.4 cm³/mol. The van der Waals surface area contributed by atoms with Gasteiger partial charge in [-0.2, -0.15) is 0 Å². The zero-order valence-corrected chi connectivity index (χ0v) is 13.9. The van der Waals surface area contributed by atoms with Crippen molar-refractivity contribution in [1.82, 2.24) is 4.98 Å². The highest BCUT2D eigenvalue weighted by Crippen LogP contribution is 2.41. The maximum absolute atomic E-state index is 12.6. The fraction of sp³-hybridized carbons (Fsp3) is 0.188. The van der Waals surface area contributed by atoms with E-state index >= 15 is 0 Å². The number of thioether (sulfide) groups is 1. The van der Waals surface area contributed by atoms with E-state index in [1.165, 1.54) is 17.4 Å². The molecule has 7 heteroatoms. The van der Waals surface area contributed by atoms with Crippen LogP contribution in [0.25, 0.3) is 6.08 Å². The van der Waals surface area contributed by atoms with E-state index in [1.807, 2.05) is 6.92 Å². The third-order valence-corrected chi connectivity index (χ3v) is 5.10. The van der Waals surface area contributed by atoms with Crippen molar-refractivity contribution in [1.29, 1.82) is 5.41 Å². The van der Waals surface area contributed by atoms with Gasteiger partial charge in [0.2, 0.25) is 0 Å². The van der Waals surface area contributed by atoms with Crippen molar-refractivity contribution < 1.29 is 14.6 Å². The average molecular weight is 346 g/mol. The first-order valence-corrected chi connectivity index (χ1v) is 8.67. The molecule has 2 aromatic rings. The Balaban J connectivity index is 1.90.